The van der Waals surface area contributed by atoms with E-state index in [2.05, 4.69) is 20.3 Å². The van der Waals surface area contributed by atoms with Gasteiger partial charge in [0.25, 0.3) is 0 Å². The second kappa shape index (κ2) is 6.20. The van der Waals surface area contributed by atoms with Gasteiger partial charge in [0.1, 0.15) is 17.9 Å². The molecule has 9 heteroatoms. The lowest BCUT2D eigenvalue weighted by Gasteiger charge is -2.12. The molecule has 1 aromatic carbocycles. The number of aromatic nitrogens is 4. The molecule has 0 bridgehead atoms. The van der Waals surface area contributed by atoms with E-state index >= 15 is 0 Å². The number of nitrogens with zero attached hydrogens (tertiary/aromatic N) is 4. The van der Waals surface area contributed by atoms with Crippen molar-refractivity contribution in [3.8, 4) is 0 Å². The molecule has 0 saturated carbocycles. The van der Waals surface area contributed by atoms with Crippen molar-refractivity contribution in [3.63, 3.8) is 0 Å². The summed E-state index contributed by atoms with van der Waals surface area (Å²) in [6, 6.07) is 3.32. The molecule has 4 rings (SSSR count). The average molecular weight is 443 g/mol. The highest BCUT2D eigenvalue weighted by Gasteiger charge is 2.22. The summed E-state index contributed by atoms with van der Waals surface area (Å²) in [5, 5.41) is 2.87. The number of ether oxygens (including phenoxy) is 1. The van der Waals surface area contributed by atoms with Gasteiger partial charge in [0.05, 0.1) is 12.0 Å². The second-order valence-electron chi connectivity index (χ2n) is 5.38. The second-order valence-corrected chi connectivity index (χ2v) is 6.35. The number of nitrogens with one attached hydrogen (secondary N) is 1. The number of halogens is 3. The Morgan fingerprint density at radius 2 is 2.17 bits per heavy atom. The van der Waals surface area contributed by atoms with Crippen molar-refractivity contribution >= 4 is 45.3 Å². The van der Waals surface area contributed by atoms with Crippen molar-refractivity contribution in [2.24, 2.45) is 0 Å². The summed E-state index contributed by atoms with van der Waals surface area (Å²) in [4.78, 5) is 13.1. The molecule has 1 fully saturated rings. The molecule has 1 unspecified atom stereocenters. The van der Waals surface area contributed by atoms with E-state index in [-0.39, 0.29) is 11.9 Å². The normalized spacial score (nSPS) is 17.5. The van der Waals surface area contributed by atoms with Gasteiger partial charge >= 0.3 is 0 Å². The zero-order valence-corrected chi connectivity index (χ0v) is 14.5. The smallest absolute Gasteiger partial charge is 0.194 e. The molecule has 3 heterocycles. The van der Waals surface area contributed by atoms with Gasteiger partial charge in [-0.2, -0.15) is 0 Å². The Bertz CT molecular complexity index is 910. The Labute approximate surface area is 149 Å². The van der Waals surface area contributed by atoms with Gasteiger partial charge in [-0.1, -0.05) is 0 Å². The number of anilines is 2. The molecule has 1 aliphatic rings. The Morgan fingerprint density at radius 3 is 2.92 bits per heavy atom. The van der Waals surface area contributed by atoms with Crippen LogP contribution in [0.15, 0.2) is 24.5 Å². The van der Waals surface area contributed by atoms with Crippen molar-refractivity contribution in [1.82, 2.24) is 19.5 Å². The van der Waals surface area contributed by atoms with Crippen LogP contribution < -0.4 is 5.32 Å². The zero-order chi connectivity index (χ0) is 16.7. The molecule has 0 amide bonds. The van der Waals surface area contributed by atoms with Gasteiger partial charge in [0.2, 0.25) is 0 Å². The maximum atomic E-state index is 13.9. The number of rotatable bonds is 3. The van der Waals surface area contributed by atoms with Gasteiger partial charge < -0.3 is 10.1 Å². The topological polar surface area (TPSA) is 64.9 Å². The molecular formula is C15H12F2IN5O. The highest BCUT2D eigenvalue weighted by molar-refractivity contribution is 14.1. The maximum Gasteiger partial charge on any atom is 0.194 e. The van der Waals surface area contributed by atoms with E-state index in [1.54, 1.807) is 6.33 Å². The number of benzene rings is 1. The van der Waals surface area contributed by atoms with Crippen LogP contribution in [0.4, 0.5) is 20.3 Å². The number of hydrogen-bond donors (Lipinski definition) is 1. The third-order valence-corrected chi connectivity index (χ3v) is 4.28. The molecule has 0 radical (unpaired) electrons. The molecule has 3 aromatic rings. The fraction of sp³-hybridized carbons (Fsp3) is 0.267. The molecule has 124 valence electrons. The first-order valence-corrected chi connectivity index (χ1v) is 8.43. The monoisotopic (exact) mass is 443 g/mol. The van der Waals surface area contributed by atoms with Gasteiger partial charge in [0, 0.05) is 35.3 Å². The summed E-state index contributed by atoms with van der Waals surface area (Å²) in [5.41, 5.74) is 1.25. The van der Waals surface area contributed by atoms with Crippen LogP contribution in [0.5, 0.6) is 0 Å². The quantitative estimate of drug-likeness (QED) is 0.494. The predicted molar refractivity (Wildman–Crippen MR) is 91.9 cm³/mol. The standard InChI is InChI=1S/C15H12F2IN5O/c16-8-3-4-10(9(17)6-8)20-13-12-14(22-15(18)21-13)23(7-19-12)11-2-1-5-24-11/h3-4,6-7,11H,1-2,5H2,(H,20,21,22). The van der Waals surface area contributed by atoms with Crippen LogP contribution in [0.2, 0.25) is 0 Å². The lowest BCUT2D eigenvalue weighted by Crippen LogP contribution is -2.08. The van der Waals surface area contributed by atoms with E-state index in [9.17, 15) is 8.78 Å². The summed E-state index contributed by atoms with van der Waals surface area (Å²) in [6.07, 6.45) is 3.42. The van der Waals surface area contributed by atoms with Crippen molar-refractivity contribution < 1.29 is 13.5 Å². The largest absolute Gasteiger partial charge is 0.358 e. The Kier molecular flexibility index (Phi) is 4.04. The summed E-state index contributed by atoms with van der Waals surface area (Å²) in [6.45, 7) is 0.707. The lowest BCUT2D eigenvalue weighted by atomic mass is 10.3. The van der Waals surface area contributed by atoms with Crippen LogP contribution >= 0.6 is 22.6 Å². The van der Waals surface area contributed by atoms with Crippen LogP contribution in [0.25, 0.3) is 11.2 Å². The van der Waals surface area contributed by atoms with Gasteiger partial charge in [-0.15, -0.1) is 0 Å². The van der Waals surface area contributed by atoms with E-state index in [1.165, 1.54) is 12.1 Å². The molecule has 2 aromatic heterocycles. The number of imidazole rings is 1. The minimum absolute atomic E-state index is 0.101. The SMILES string of the molecule is Fc1ccc(Nc2nc(I)nc3c2ncn3C2CCCO2)c(F)c1. The average Bonchev–Trinajstić information content (AvgIpc) is 3.18. The lowest BCUT2D eigenvalue weighted by molar-refractivity contribution is 0.0592. The van der Waals surface area contributed by atoms with Gasteiger partial charge in [-0.3, -0.25) is 4.57 Å². The molecule has 1 N–H and O–H groups in total. The highest BCUT2D eigenvalue weighted by Crippen LogP contribution is 2.30. The molecule has 1 atom stereocenters. The van der Waals surface area contributed by atoms with Gasteiger partial charge in [0.15, 0.2) is 20.8 Å². The first kappa shape index (κ1) is 15.6. The van der Waals surface area contributed by atoms with Crippen LogP contribution in [0.3, 0.4) is 0 Å². The van der Waals surface area contributed by atoms with E-state index in [0.717, 1.165) is 18.9 Å². The minimum Gasteiger partial charge on any atom is -0.358 e. The van der Waals surface area contributed by atoms with E-state index in [0.29, 0.717) is 27.4 Å². The van der Waals surface area contributed by atoms with E-state index < -0.39 is 11.6 Å². The van der Waals surface area contributed by atoms with Crippen LogP contribution in [0, 0.1) is 15.5 Å². The molecule has 24 heavy (non-hydrogen) atoms. The van der Waals surface area contributed by atoms with Crippen molar-refractivity contribution in [3.05, 3.63) is 40.0 Å². The van der Waals surface area contributed by atoms with Gasteiger partial charge in [-0.25, -0.2) is 23.7 Å². The molecule has 6 nitrogen and oxygen atoms in total. The highest BCUT2D eigenvalue weighted by atomic mass is 127. The molecule has 0 aliphatic carbocycles. The third-order valence-electron chi connectivity index (χ3n) is 3.79. The van der Waals surface area contributed by atoms with E-state index in [1.807, 2.05) is 27.2 Å². The fourth-order valence-corrected chi connectivity index (χ4v) is 3.16. The summed E-state index contributed by atoms with van der Waals surface area (Å²) in [7, 11) is 0. The van der Waals surface area contributed by atoms with E-state index in [4.69, 9.17) is 4.74 Å². The first-order valence-electron chi connectivity index (χ1n) is 7.35. The zero-order valence-electron chi connectivity index (χ0n) is 12.3. The van der Waals surface area contributed by atoms with Crippen LogP contribution in [-0.4, -0.2) is 26.1 Å². The maximum absolute atomic E-state index is 13.9. The van der Waals surface area contributed by atoms with Crippen LogP contribution in [0.1, 0.15) is 19.1 Å². The summed E-state index contributed by atoms with van der Waals surface area (Å²) in [5.74, 6) is -0.967. The molecule has 0 spiro atoms. The number of fused-ring (bicyclic) bond motifs is 1. The van der Waals surface area contributed by atoms with Crippen molar-refractivity contribution in [1.29, 1.82) is 0 Å². The number of hydrogen-bond acceptors (Lipinski definition) is 5. The Morgan fingerprint density at radius 1 is 1.29 bits per heavy atom. The van der Waals surface area contributed by atoms with Crippen molar-refractivity contribution in [2.75, 3.05) is 11.9 Å². The summed E-state index contributed by atoms with van der Waals surface area (Å²) < 4.78 is 35.0. The minimum atomic E-state index is -0.699. The third kappa shape index (κ3) is 2.81. The predicted octanol–water partition coefficient (Wildman–Crippen LogP) is 3.76. The summed E-state index contributed by atoms with van der Waals surface area (Å²) >= 11 is 1.99. The fourth-order valence-electron chi connectivity index (χ4n) is 2.69. The molecule has 1 saturated heterocycles. The Balaban J connectivity index is 1.77. The van der Waals surface area contributed by atoms with Gasteiger partial charge in [-0.05, 0) is 25.0 Å². The van der Waals surface area contributed by atoms with Crippen LogP contribution in [-0.2, 0) is 4.74 Å². The molecular weight excluding hydrogens is 431 g/mol. The first-order chi connectivity index (χ1) is 11.6. The Hall–Kier alpha value is -1.88. The van der Waals surface area contributed by atoms with Crippen molar-refractivity contribution in [2.45, 2.75) is 19.1 Å². The molecule has 1 aliphatic heterocycles.